The Balaban J connectivity index is 2.44. The molecule has 0 aliphatic rings. The normalized spacial score (nSPS) is 10.4. The molecule has 1 aromatic carbocycles. The predicted octanol–water partition coefficient (Wildman–Crippen LogP) is 2.86. The van der Waals surface area contributed by atoms with Crippen molar-refractivity contribution in [1.82, 2.24) is 0 Å². The van der Waals surface area contributed by atoms with Crippen LogP contribution in [0.5, 0.6) is 5.75 Å². The lowest BCUT2D eigenvalue weighted by molar-refractivity contribution is -0.140. The van der Waals surface area contributed by atoms with Gasteiger partial charge in [-0.1, -0.05) is 0 Å². The molecule has 0 aliphatic heterocycles. The van der Waals surface area contributed by atoms with Crippen LogP contribution in [0.4, 0.5) is 5.69 Å². The van der Waals surface area contributed by atoms with Crippen LogP contribution < -0.4 is 9.64 Å². The van der Waals surface area contributed by atoms with E-state index in [2.05, 4.69) is 9.64 Å². The minimum atomic E-state index is -0.158. The minimum absolute atomic E-state index is 0.158. The molecule has 1 aromatic rings. The van der Waals surface area contributed by atoms with Gasteiger partial charge in [-0.3, -0.25) is 4.79 Å². The van der Waals surface area contributed by atoms with Crippen molar-refractivity contribution >= 4 is 11.7 Å². The van der Waals surface area contributed by atoms with Crippen molar-refractivity contribution in [2.45, 2.75) is 32.8 Å². The first kappa shape index (κ1) is 15.3. The fourth-order valence-corrected chi connectivity index (χ4v) is 1.74. The Morgan fingerprint density at radius 2 is 1.89 bits per heavy atom. The van der Waals surface area contributed by atoms with Crippen molar-refractivity contribution in [3.8, 4) is 5.75 Å². The highest BCUT2D eigenvalue weighted by Crippen LogP contribution is 2.19. The lowest BCUT2D eigenvalue weighted by Crippen LogP contribution is -2.19. The minimum Gasteiger partial charge on any atom is -0.491 e. The van der Waals surface area contributed by atoms with Gasteiger partial charge in [-0.25, -0.2) is 0 Å². The van der Waals surface area contributed by atoms with Crippen molar-refractivity contribution < 1.29 is 14.3 Å². The fraction of sp³-hybridized carbons (Fsp3) is 0.533. The number of esters is 1. The van der Waals surface area contributed by atoms with Crippen LogP contribution in [0.25, 0.3) is 0 Å². The molecule has 0 aliphatic carbocycles. The zero-order valence-electron chi connectivity index (χ0n) is 12.2. The van der Waals surface area contributed by atoms with Gasteiger partial charge in [0.25, 0.3) is 0 Å². The van der Waals surface area contributed by atoms with Crippen LogP contribution in [0.2, 0.25) is 0 Å². The molecule has 106 valence electrons. The van der Waals surface area contributed by atoms with E-state index in [1.165, 1.54) is 7.11 Å². The van der Waals surface area contributed by atoms with Crippen LogP contribution in [0.1, 0.15) is 26.7 Å². The largest absolute Gasteiger partial charge is 0.491 e. The monoisotopic (exact) mass is 265 g/mol. The maximum atomic E-state index is 11.0. The molecule has 0 saturated carbocycles. The van der Waals surface area contributed by atoms with Gasteiger partial charge in [0.1, 0.15) is 5.75 Å². The van der Waals surface area contributed by atoms with E-state index in [0.717, 1.165) is 24.4 Å². The summed E-state index contributed by atoms with van der Waals surface area (Å²) in [6.45, 7) is 4.83. The predicted molar refractivity (Wildman–Crippen MR) is 76.7 cm³/mol. The summed E-state index contributed by atoms with van der Waals surface area (Å²) in [4.78, 5) is 13.1. The average molecular weight is 265 g/mol. The van der Waals surface area contributed by atoms with E-state index in [0.29, 0.717) is 6.42 Å². The number of ether oxygens (including phenoxy) is 2. The van der Waals surface area contributed by atoms with Crippen LogP contribution >= 0.6 is 0 Å². The van der Waals surface area contributed by atoms with E-state index in [1.54, 1.807) is 0 Å². The van der Waals surface area contributed by atoms with Gasteiger partial charge in [0.15, 0.2) is 0 Å². The SMILES string of the molecule is COC(=O)CCCN(C)c1ccc(OC(C)C)cc1. The second kappa shape index (κ2) is 7.67. The smallest absolute Gasteiger partial charge is 0.305 e. The number of methoxy groups -OCH3 is 1. The molecular formula is C15H23NO3. The first-order valence-corrected chi connectivity index (χ1v) is 6.57. The zero-order chi connectivity index (χ0) is 14.3. The van der Waals surface area contributed by atoms with Crippen molar-refractivity contribution in [1.29, 1.82) is 0 Å². The summed E-state index contributed by atoms with van der Waals surface area (Å²) in [5.41, 5.74) is 1.11. The van der Waals surface area contributed by atoms with E-state index in [-0.39, 0.29) is 12.1 Å². The molecule has 0 amide bonds. The number of nitrogens with zero attached hydrogens (tertiary/aromatic N) is 1. The van der Waals surface area contributed by atoms with E-state index in [9.17, 15) is 4.79 Å². The van der Waals surface area contributed by atoms with Gasteiger partial charge in [-0.2, -0.15) is 0 Å². The first-order chi connectivity index (χ1) is 9.02. The summed E-state index contributed by atoms with van der Waals surface area (Å²) in [6, 6.07) is 7.98. The van der Waals surface area contributed by atoms with Crippen LogP contribution in [0.15, 0.2) is 24.3 Å². The van der Waals surface area contributed by atoms with Gasteiger partial charge < -0.3 is 14.4 Å². The Hall–Kier alpha value is -1.71. The van der Waals surface area contributed by atoms with Crippen molar-refractivity contribution in [2.24, 2.45) is 0 Å². The van der Waals surface area contributed by atoms with Crippen molar-refractivity contribution in [3.63, 3.8) is 0 Å². The van der Waals surface area contributed by atoms with E-state index >= 15 is 0 Å². The van der Waals surface area contributed by atoms with Gasteiger partial charge in [0.05, 0.1) is 13.2 Å². The Morgan fingerprint density at radius 3 is 2.42 bits per heavy atom. The third kappa shape index (κ3) is 5.64. The highest BCUT2D eigenvalue weighted by molar-refractivity contribution is 5.69. The molecule has 1 rings (SSSR count). The molecule has 4 nitrogen and oxygen atoms in total. The van der Waals surface area contributed by atoms with Crippen LogP contribution in [-0.4, -0.2) is 32.8 Å². The van der Waals surface area contributed by atoms with E-state index in [1.807, 2.05) is 45.2 Å². The number of hydrogen-bond acceptors (Lipinski definition) is 4. The molecule has 4 heteroatoms. The topological polar surface area (TPSA) is 38.8 Å². The summed E-state index contributed by atoms with van der Waals surface area (Å²) in [5.74, 6) is 0.718. The molecule has 0 heterocycles. The molecule has 0 bridgehead atoms. The third-order valence-electron chi connectivity index (χ3n) is 2.75. The maximum Gasteiger partial charge on any atom is 0.305 e. The molecule has 0 aromatic heterocycles. The lowest BCUT2D eigenvalue weighted by atomic mass is 10.2. The first-order valence-electron chi connectivity index (χ1n) is 6.57. The summed E-state index contributed by atoms with van der Waals surface area (Å²) >= 11 is 0. The Labute approximate surface area is 115 Å². The maximum absolute atomic E-state index is 11.0. The lowest BCUT2D eigenvalue weighted by Gasteiger charge is -2.19. The second-order valence-electron chi connectivity index (χ2n) is 4.76. The van der Waals surface area contributed by atoms with Crippen LogP contribution in [0.3, 0.4) is 0 Å². The molecule has 0 fully saturated rings. The number of anilines is 1. The highest BCUT2D eigenvalue weighted by Gasteiger charge is 2.04. The fourth-order valence-electron chi connectivity index (χ4n) is 1.74. The number of carbonyl (C=O) groups excluding carboxylic acids is 1. The van der Waals surface area contributed by atoms with Gasteiger partial charge in [0, 0.05) is 25.7 Å². The summed E-state index contributed by atoms with van der Waals surface area (Å²) < 4.78 is 10.2. The molecule has 0 unspecified atom stereocenters. The average Bonchev–Trinajstić information content (AvgIpc) is 2.38. The summed E-state index contributed by atoms with van der Waals surface area (Å²) in [6.07, 6.45) is 1.42. The molecule has 0 saturated heterocycles. The number of hydrogen-bond donors (Lipinski definition) is 0. The second-order valence-corrected chi connectivity index (χ2v) is 4.76. The summed E-state index contributed by atoms with van der Waals surface area (Å²) in [5, 5.41) is 0. The quantitative estimate of drug-likeness (QED) is 0.711. The standard InChI is InChI=1S/C15H23NO3/c1-12(2)19-14-9-7-13(8-10-14)16(3)11-5-6-15(17)18-4/h7-10,12H,5-6,11H2,1-4H3. The van der Waals surface area contributed by atoms with Gasteiger partial charge in [0.2, 0.25) is 0 Å². The molecule has 0 spiro atoms. The molecular weight excluding hydrogens is 242 g/mol. The van der Waals surface area contributed by atoms with Crippen LogP contribution in [0, 0.1) is 0 Å². The number of rotatable bonds is 7. The highest BCUT2D eigenvalue weighted by atomic mass is 16.5. The Bertz CT molecular complexity index is 387. The van der Waals surface area contributed by atoms with E-state index < -0.39 is 0 Å². The summed E-state index contributed by atoms with van der Waals surface area (Å²) in [7, 11) is 3.43. The third-order valence-corrected chi connectivity index (χ3v) is 2.75. The van der Waals surface area contributed by atoms with Gasteiger partial charge in [-0.05, 0) is 44.5 Å². The molecule has 19 heavy (non-hydrogen) atoms. The van der Waals surface area contributed by atoms with E-state index in [4.69, 9.17) is 4.74 Å². The molecule has 0 N–H and O–H groups in total. The number of benzene rings is 1. The number of carbonyl (C=O) groups is 1. The Kier molecular flexibility index (Phi) is 6.19. The molecule has 0 atom stereocenters. The van der Waals surface area contributed by atoms with Crippen LogP contribution in [-0.2, 0) is 9.53 Å². The Morgan fingerprint density at radius 1 is 1.26 bits per heavy atom. The zero-order valence-corrected chi connectivity index (χ0v) is 12.2. The van der Waals surface area contributed by atoms with Gasteiger partial charge >= 0.3 is 5.97 Å². The van der Waals surface area contributed by atoms with Crippen molar-refractivity contribution in [3.05, 3.63) is 24.3 Å². The van der Waals surface area contributed by atoms with Gasteiger partial charge in [-0.15, -0.1) is 0 Å². The van der Waals surface area contributed by atoms with Crippen molar-refractivity contribution in [2.75, 3.05) is 25.6 Å². The molecule has 0 radical (unpaired) electrons.